The molecule has 2 heterocycles. The molecule has 9 heteroatoms. The van der Waals surface area contributed by atoms with Gasteiger partial charge >= 0.3 is 6.03 Å². The number of nitrogens with one attached hydrogen (secondary N) is 1. The lowest BCUT2D eigenvalue weighted by Gasteiger charge is -2.38. The normalized spacial score (nSPS) is 22.3. The van der Waals surface area contributed by atoms with Crippen molar-refractivity contribution in [3.8, 4) is 0 Å². The third kappa shape index (κ3) is 4.30. The molecule has 2 aliphatic heterocycles. The summed E-state index contributed by atoms with van der Waals surface area (Å²) in [6.07, 6.45) is 2.51. The first-order valence-corrected chi connectivity index (χ1v) is 12.7. The van der Waals surface area contributed by atoms with Gasteiger partial charge in [0.2, 0.25) is 5.91 Å². The van der Waals surface area contributed by atoms with E-state index >= 15 is 0 Å². The fourth-order valence-electron chi connectivity index (χ4n) is 5.20. The van der Waals surface area contributed by atoms with Crippen molar-refractivity contribution in [1.29, 1.82) is 0 Å². The first kappa shape index (κ1) is 23.8. The van der Waals surface area contributed by atoms with Gasteiger partial charge < -0.3 is 15.1 Å². The summed E-state index contributed by atoms with van der Waals surface area (Å²) in [4.78, 5) is 45.1. The lowest BCUT2D eigenvalue weighted by atomic mass is 9.82. The maximum absolute atomic E-state index is 13.7. The van der Waals surface area contributed by atoms with Crippen LogP contribution in [0.15, 0.2) is 46.9 Å². The van der Waals surface area contributed by atoms with Crippen LogP contribution in [0.3, 0.4) is 0 Å². The molecule has 0 bridgehead atoms. The Morgan fingerprint density at radius 1 is 1.23 bits per heavy atom. The summed E-state index contributed by atoms with van der Waals surface area (Å²) in [6, 6.07) is 11.1. The Morgan fingerprint density at radius 3 is 2.63 bits per heavy atom. The molecule has 5 rings (SSSR count). The summed E-state index contributed by atoms with van der Waals surface area (Å²) in [5.74, 6) is -0.628. The van der Waals surface area contributed by atoms with Crippen molar-refractivity contribution in [1.82, 2.24) is 15.1 Å². The average molecular weight is 543 g/mol. The number of halogens is 2. The third-order valence-corrected chi connectivity index (χ3v) is 8.00. The lowest BCUT2D eigenvalue weighted by molar-refractivity contribution is -0.141. The van der Waals surface area contributed by atoms with Gasteiger partial charge in [-0.25, -0.2) is 9.18 Å². The van der Waals surface area contributed by atoms with Crippen LogP contribution in [0.1, 0.15) is 37.3 Å². The molecule has 1 spiro atoms. The van der Waals surface area contributed by atoms with E-state index in [-0.39, 0.29) is 24.3 Å². The number of urea groups is 1. The largest absolute Gasteiger partial charge is 0.374 e. The number of fused-ring (bicyclic) bond motifs is 2. The molecule has 184 valence electrons. The number of imide groups is 1. The Kier molecular flexibility index (Phi) is 6.07. The van der Waals surface area contributed by atoms with Crippen molar-refractivity contribution in [2.24, 2.45) is 5.92 Å². The zero-order chi connectivity index (χ0) is 24.9. The number of hydrogen-bond donors (Lipinski definition) is 1. The number of anilines is 1. The number of amides is 4. The van der Waals surface area contributed by atoms with Gasteiger partial charge in [-0.15, -0.1) is 0 Å². The first-order valence-electron chi connectivity index (χ1n) is 11.9. The number of carbonyl (C=O) groups excluding carboxylic acids is 3. The van der Waals surface area contributed by atoms with Gasteiger partial charge in [0.15, 0.2) is 5.54 Å². The Balaban J connectivity index is 1.40. The minimum atomic E-state index is -1.18. The molecule has 1 unspecified atom stereocenters. The van der Waals surface area contributed by atoms with Crippen LogP contribution in [0.25, 0.3) is 0 Å². The third-order valence-electron chi connectivity index (χ3n) is 7.50. The lowest BCUT2D eigenvalue weighted by Crippen LogP contribution is -2.51. The fraction of sp³-hybridized carbons (Fsp3) is 0.423. The number of nitrogens with zero attached hydrogens (tertiary/aromatic N) is 3. The zero-order valence-corrected chi connectivity index (χ0v) is 21.3. The maximum atomic E-state index is 13.7. The predicted molar refractivity (Wildman–Crippen MR) is 133 cm³/mol. The first-order chi connectivity index (χ1) is 16.7. The van der Waals surface area contributed by atoms with Crippen LogP contribution in [0, 0.1) is 11.7 Å². The molecule has 2 aromatic carbocycles. The van der Waals surface area contributed by atoms with Crippen molar-refractivity contribution < 1.29 is 18.8 Å². The molecule has 2 fully saturated rings. The van der Waals surface area contributed by atoms with Gasteiger partial charge in [-0.3, -0.25) is 14.5 Å². The van der Waals surface area contributed by atoms with E-state index < -0.39 is 17.5 Å². The Labute approximate surface area is 212 Å². The Bertz CT molecular complexity index is 1190. The van der Waals surface area contributed by atoms with E-state index in [4.69, 9.17) is 0 Å². The topological polar surface area (TPSA) is 73.0 Å². The highest BCUT2D eigenvalue weighted by Crippen LogP contribution is 2.43. The van der Waals surface area contributed by atoms with E-state index in [9.17, 15) is 18.8 Å². The summed E-state index contributed by atoms with van der Waals surface area (Å²) in [6.45, 7) is 2.56. The molecule has 1 saturated heterocycles. The second-order valence-electron chi connectivity index (χ2n) is 9.79. The molecular formula is C26H28BrFN4O3. The van der Waals surface area contributed by atoms with Gasteiger partial charge in [0.1, 0.15) is 12.4 Å². The van der Waals surface area contributed by atoms with Crippen molar-refractivity contribution in [2.45, 2.75) is 44.3 Å². The van der Waals surface area contributed by atoms with Gasteiger partial charge in [-0.2, -0.15) is 0 Å². The average Bonchev–Trinajstić information content (AvgIpc) is 3.65. The predicted octanol–water partition coefficient (Wildman–Crippen LogP) is 4.00. The minimum Gasteiger partial charge on any atom is -0.374 e. The summed E-state index contributed by atoms with van der Waals surface area (Å²) >= 11 is 3.48. The van der Waals surface area contributed by atoms with Gasteiger partial charge in [-0.1, -0.05) is 34.1 Å². The Morgan fingerprint density at radius 2 is 1.94 bits per heavy atom. The standard InChI is InChI=1S/C26H28BrFN4O3/c1-16(18-5-6-18)31(14-17-3-8-20(28)9-4-17)23(33)15-32-24(34)26(29-25(32)35)11-12-30(2)22-13-19(27)7-10-21(22)26/h3-4,7-10,13,16,18H,5-6,11-12,14-15H2,1-2H3,(H,29,35)/t16-,26?/m0/s1. The van der Waals surface area contributed by atoms with Crippen LogP contribution in [0.4, 0.5) is 14.9 Å². The molecule has 2 aromatic rings. The second kappa shape index (κ2) is 8.93. The van der Waals surface area contributed by atoms with E-state index in [2.05, 4.69) is 26.1 Å². The molecule has 35 heavy (non-hydrogen) atoms. The molecule has 1 aliphatic carbocycles. The molecule has 0 radical (unpaired) electrons. The van der Waals surface area contributed by atoms with Gasteiger partial charge in [0.05, 0.1) is 0 Å². The van der Waals surface area contributed by atoms with Crippen molar-refractivity contribution in [2.75, 3.05) is 25.0 Å². The molecule has 3 aliphatic rings. The second-order valence-corrected chi connectivity index (χ2v) is 10.7. The molecule has 1 N–H and O–H groups in total. The number of hydrogen-bond acceptors (Lipinski definition) is 4. The number of carbonyl (C=O) groups is 3. The quantitative estimate of drug-likeness (QED) is 0.560. The van der Waals surface area contributed by atoms with Crippen LogP contribution < -0.4 is 10.2 Å². The minimum absolute atomic E-state index is 0.0383. The number of rotatable bonds is 6. The molecule has 0 aromatic heterocycles. The maximum Gasteiger partial charge on any atom is 0.325 e. The summed E-state index contributed by atoms with van der Waals surface area (Å²) in [7, 11) is 1.95. The molecular weight excluding hydrogens is 515 g/mol. The van der Waals surface area contributed by atoms with Crippen molar-refractivity contribution in [3.63, 3.8) is 0 Å². The smallest absolute Gasteiger partial charge is 0.325 e. The van der Waals surface area contributed by atoms with Crippen molar-refractivity contribution >= 4 is 39.5 Å². The molecule has 1 saturated carbocycles. The van der Waals surface area contributed by atoms with Gasteiger partial charge in [0.25, 0.3) is 5.91 Å². The van der Waals surface area contributed by atoms with E-state index in [1.54, 1.807) is 17.0 Å². The van der Waals surface area contributed by atoms with E-state index in [0.29, 0.717) is 25.4 Å². The summed E-state index contributed by atoms with van der Waals surface area (Å²) in [5.41, 5.74) is 1.23. The molecule has 2 atom stereocenters. The van der Waals surface area contributed by atoms with Crippen LogP contribution in [-0.4, -0.2) is 53.8 Å². The van der Waals surface area contributed by atoms with Crippen LogP contribution in [-0.2, 0) is 21.7 Å². The highest BCUT2D eigenvalue weighted by Gasteiger charge is 2.55. The van der Waals surface area contributed by atoms with E-state index in [1.807, 2.05) is 32.2 Å². The van der Waals surface area contributed by atoms with E-state index in [1.165, 1.54) is 12.1 Å². The molecule has 7 nitrogen and oxygen atoms in total. The number of benzene rings is 2. The van der Waals surface area contributed by atoms with Gasteiger partial charge in [0, 0.05) is 48.3 Å². The summed E-state index contributed by atoms with van der Waals surface area (Å²) < 4.78 is 14.3. The highest BCUT2D eigenvalue weighted by atomic mass is 79.9. The van der Waals surface area contributed by atoms with E-state index in [0.717, 1.165) is 39.0 Å². The van der Waals surface area contributed by atoms with Crippen molar-refractivity contribution in [3.05, 3.63) is 63.9 Å². The van der Waals surface area contributed by atoms with Crippen LogP contribution in [0.5, 0.6) is 0 Å². The van der Waals surface area contributed by atoms with Crippen LogP contribution >= 0.6 is 15.9 Å². The SMILES string of the molecule is C[C@@H](C1CC1)N(Cc1ccc(F)cc1)C(=O)CN1C(=O)NC2(CCN(C)c3cc(Br)ccc32)C1=O. The summed E-state index contributed by atoms with van der Waals surface area (Å²) in [5, 5.41) is 2.91. The van der Waals surface area contributed by atoms with Crippen LogP contribution in [0.2, 0.25) is 0 Å². The zero-order valence-electron chi connectivity index (χ0n) is 19.8. The molecule has 4 amide bonds. The van der Waals surface area contributed by atoms with Gasteiger partial charge in [-0.05, 0) is 55.5 Å². The highest BCUT2D eigenvalue weighted by molar-refractivity contribution is 9.10. The fourth-order valence-corrected chi connectivity index (χ4v) is 5.55. The Hall–Kier alpha value is -2.94. The monoisotopic (exact) mass is 542 g/mol.